The van der Waals surface area contributed by atoms with Crippen LogP contribution in [0, 0.1) is 13.8 Å². The van der Waals surface area contributed by atoms with E-state index in [0.29, 0.717) is 17.1 Å². The van der Waals surface area contributed by atoms with Crippen LogP contribution in [0.15, 0.2) is 54.8 Å². The van der Waals surface area contributed by atoms with Crippen molar-refractivity contribution >= 4 is 17.8 Å². The minimum Gasteiger partial charge on any atom is -0.482 e. The lowest BCUT2D eigenvalue weighted by molar-refractivity contribution is -0.144. The molecular weight excluding hydrogens is 344 g/mol. The van der Waals surface area contributed by atoms with E-state index in [4.69, 9.17) is 14.2 Å². The highest BCUT2D eigenvalue weighted by molar-refractivity contribution is 6.15. The van der Waals surface area contributed by atoms with E-state index in [1.54, 1.807) is 25.1 Å². The molecule has 0 spiro atoms. The lowest BCUT2D eigenvalue weighted by atomic mass is 10.0. The number of carbonyl (C=O) groups is 2. The van der Waals surface area contributed by atoms with Gasteiger partial charge in [-0.1, -0.05) is 42.5 Å². The van der Waals surface area contributed by atoms with Gasteiger partial charge in [-0.05, 0) is 37.1 Å². The molecule has 0 fully saturated rings. The first kappa shape index (κ1) is 18.5. The van der Waals surface area contributed by atoms with Crippen LogP contribution in [0.5, 0.6) is 11.5 Å². The number of allylic oxidation sites excluding steroid dienone is 1. The highest BCUT2D eigenvalue weighted by Crippen LogP contribution is 2.37. The first-order valence-corrected chi connectivity index (χ1v) is 8.53. The zero-order valence-electron chi connectivity index (χ0n) is 15.3. The lowest BCUT2D eigenvalue weighted by Crippen LogP contribution is -2.14. The predicted octanol–water partition coefficient (Wildman–Crippen LogP) is 4.03. The maximum atomic E-state index is 12.7. The molecule has 1 aliphatic rings. The van der Waals surface area contributed by atoms with E-state index in [0.717, 1.165) is 16.7 Å². The van der Waals surface area contributed by atoms with Gasteiger partial charge in [0.2, 0.25) is 5.78 Å². The van der Waals surface area contributed by atoms with Gasteiger partial charge in [0.05, 0.1) is 5.56 Å². The molecule has 1 aliphatic heterocycles. The Labute approximate surface area is 157 Å². The lowest BCUT2D eigenvalue weighted by Gasteiger charge is -2.08. The number of hydrogen-bond acceptors (Lipinski definition) is 5. The van der Waals surface area contributed by atoms with Crippen LogP contribution in [0.3, 0.4) is 0 Å². The number of Topliss-reactive ketones (excluding diaryl/α,β-unsaturated/α-hetero) is 1. The van der Waals surface area contributed by atoms with Crippen LogP contribution in [0.25, 0.3) is 6.08 Å². The van der Waals surface area contributed by atoms with Crippen LogP contribution >= 0.6 is 0 Å². The SMILES string of the molecule is C=CCOC(=O)COc1cc(C)c2c(c1)O/C(=C\c1ccc(C)cc1)C2=O. The summed E-state index contributed by atoms with van der Waals surface area (Å²) < 4.78 is 16.1. The van der Waals surface area contributed by atoms with Gasteiger partial charge in [-0.2, -0.15) is 0 Å². The van der Waals surface area contributed by atoms with Crippen molar-refractivity contribution in [1.82, 2.24) is 0 Å². The number of rotatable bonds is 6. The summed E-state index contributed by atoms with van der Waals surface area (Å²) in [6, 6.07) is 11.1. The Kier molecular flexibility index (Phi) is 5.41. The summed E-state index contributed by atoms with van der Waals surface area (Å²) in [7, 11) is 0. The van der Waals surface area contributed by atoms with Gasteiger partial charge in [0, 0.05) is 6.07 Å². The number of ether oxygens (including phenoxy) is 3. The van der Waals surface area contributed by atoms with Crippen molar-refractivity contribution in [2.75, 3.05) is 13.2 Å². The Hall–Kier alpha value is -3.34. The van der Waals surface area contributed by atoms with Crippen molar-refractivity contribution in [3.63, 3.8) is 0 Å². The van der Waals surface area contributed by atoms with Crippen LogP contribution in [0.4, 0.5) is 0 Å². The Morgan fingerprint density at radius 1 is 1.19 bits per heavy atom. The van der Waals surface area contributed by atoms with E-state index in [1.807, 2.05) is 31.2 Å². The molecule has 0 aromatic heterocycles. The maximum absolute atomic E-state index is 12.7. The van der Waals surface area contributed by atoms with E-state index in [1.165, 1.54) is 6.08 Å². The monoisotopic (exact) mass is 364 g/mol. The molecule has 0 unspecified atom stereocenters. The van der Waals surface area contributed by atoms with Crippen molar-refractivity contribution < 1.29 is 23.8 Å². The zero-order valence-corrected chi connectivity index (χ0v) is 15.3. The molecule has 0 N–H and O–H groups in total. The van der Waals surface area contributed by atoms with Gasteiger partial charge in [0.25, 0.3) is 0 Å². The maximum Gasteiger partial charge on any atom is 0.344 e. The zero-order chi connectivity index (χ0) is 19.4. The summed E-state index contributed by atoms with van der Waals surface area (Å²) >= 11 is 0. The Morgan fingerprint density at radius 2 is 1.93 bits per heavy atom. The molecule has 3 rings (SSSR count). The third-order valence-corrected chi connectivity index (χ3v) is 4.04. The number of hydrogen-bond donors (Lipinski definition) is 0. The molecule has 0 amide bonds. The highest BCUT2D eigenvalue weighted by Gasteiger charge is 2.30. The first-order valence-electron chi connectivity index (χ1n) is 8.53. The summed E-state index contributed by atoms with van der Waals surface area (Å²) in [5.41, 5.74) is 3.26. The van der Waals surface area contributed by atoms with E-state index in [2.05, 4.69) is 6.58 Å². The third-order valence-electron chi connectivity index (χ3n) is 4.04. The normalized spacial score (nSPS) is 13.9. The smallest absolute Gasteiger partial charge is 0.344 e. The summed E-state index contributed by atoms with van der Waals surface area (Å²) in [6.45, 7) is 7.19. The average molecular weight is 364 g/mol. The molecule has 0 saturated carbocycles. The molecule has 2 aromatic rings. The van der Waals surface area contributed by atoms with Crippen LogP contribution in [-0.4, -0.2) is 25.0 Å². The van der Waals surface area contributed by atoms with E-state index >= 15 is 0 Å². The standard InChI is InChI=1S/C22H20O5/c1-4-9-25-20(23)13-26-17-10-15(3)21-18(12-17)27-19(22(21)24)11-16-7-5-14(2)6-8-16/h4-8,10-12H,1,9,13H2,2-3H3/b19-11-. The third kappa shape index (κ3) is 4.26. The number of carbonyl (C=O) groups excluding carboxylic acids is 2. The number of aryl methyl sites for hydroxylation is 2. The second-order valence-electron chi connectivity index (χ2n) is 6.22. The fraction of sp³-hybridized carbons (Fsp3) is 0.182. The molecule has 0 saturated heterocycles. The van der Waals surface area contributed by atoms with Crippen molar-refractivity contribution in [3.8, 4) is 11.5 Å². The van der Waals surface area contributed by atoms with Gasteiger partial charge in [-0.3, -0.25) is 4.79 Å². The molecule has 5 nitrogen and oxygen atoms in total. The van der Waals surface area contributed by atoms with Crippen molar-refractivity contribution in [2.45, 2.75) is 13.8 Å². The molecule has 27 heavy (non-hydrogen) atoms. The predicted molar refractivity (Wildman–Crippen MR) is 102 cm³/mol. The van der Waals surface area contributed by atoms with Crippen molar-refractivity contribution in [1.29, 1.82) is 0 Å². The fourth-order valence-electron chi connectivity index (χ4n) is 2.71. The number of esters is 1. The summed E-state index contributed by atoms with van der Waals surface area (Å²) in [4.78, 5) is 24.2. The average Bonchev–Trinajstić information content (AvgIpc) is 2.96. The topological polar surface area (TPSA) is 61.8 Å². The second kappa shape index (κ2) is 7.91. The summed E-state index contributed by atoms with van der Waals surface area (Å²) in [5.74, 6) is 0.462. The first-order chi connectivity index (χ1) is 13.0. The Balaban J connectivity index is 1.77. The Bertz CT molecular complexity index is 922. The number of ketones is 1. The van der Waals surface area contributed by atoms with Crippen LogP contribution < -0.4 is 9.47 Å². The van der Waals surface area contributed by atoms with Crippen LogP contribution in [0.1, 0.15) is 27.0 Å². The van der Waals surface area contributed by atoms with E-state index in [-0.39, 0.29) is 24.8 Å². The largest absolute Gasteiger partial charge is 0.482 e. The molecule has 0 atom stereocenters. The molecular formula is C22H20O5. The number of fused-ring (bicyclic) bond motifs is 1. The molecule has 1 heterocycles. The van der Waals surface area contributed by atoms with Gasteiger partial charge in [0.15, 0.2) is 12.4 Å². The van der Waals surface area contributed by atoms with Gasteiger partial charge in [-0.25, -0.2) is 4.79 Å². The van der Waals surface area contributed by atoms with Crippen molar-refractivity contribution in [2.24, 2.45) is 0 Å². The molecule has 138 valence electrons. The fourth-order valence-corrected chi connectivity index (χ4v) is 2.71. The molecule has 0 radical (unpaired) electrons. The van der Waals surface area contributed by atoms with E-state index in [9.17, 15) is 9.59 Å². The van der Waals surface area contributed by atoms with E-state index < -0.39 is 5.97 Å². The quantitative estimate of drug-likeness (QED) is 0.440. The highest BCUT2D eigenvalue weighted by atomic mass is 16.6. The molecule has 0 bridgehead atoms. The van der Waals surface area contributed by atoms with Gasteiger partial charge >= 0.3 is 5.97 Å². The minimum absolute atomic E-state index is 0.135. The molecule has 5 heteroatoms. The summed E-state index contributed by atoms with van der Waals surface area (Å²) in [6.07, 6.45) is 3.20. The molecule has 0 aliphatic carbocycles. The second-order valence-corrected chi connectivity index (χ2v) is 6.22. The van der Waals surface area contributed by atoms with Gasteiger partial charge in [-0.15, -0.1) is 0 Å². The Morgan fingerprint density at radius 3 is 2.63 bits per heavy atom. The van der Waals surface area contributed by atoms with Crippen LogP contribution in [-0.2, 0) is 9.53 Å². The summed E-state index contributed by atoms with van der Waals surface area (Å²) in [5, 5.41) is 0. The minimum atomic E-state index is -0.495. The number of benzene rings is 2. The van der Waals surface area contributed by atoms with Gasteiger partial charge in [0.1, 0.15) is 18.1 Å². The van der Waals surface area contributed by atoms with Gasteiger partial charge < -0.3 is 14.2 Å². The molecule has 2 aromatic carbocycles. The van der Waals surface area contributed by atoms with Crippen LogP contribution in [0.2, 0.25) is 0 Å². The van der Waals surface area contributed by atoms with Crippen molar-refractivity contribution in [3.05, 3.63) is 77.1 Å².